The Labute approximate surface area is 121 Å². The third-order valence-electron chi connectivity index (χ3n) is 3.45. The van der Waals surface area contributed by atoms with Crippen LogP contribution in [-0.4, -0.2) is 12.5 Å². The van der Waals surface area contributed by atoms with Gasteiger partial charge in [0.1, 0.15) is 0 Å². The highest BCUT2D eigenvalue weighted by atomic mass is 127. The minimum atomic E-state index is 0.337. The highest BCUT2D eigenvalue weighted by Crippen LogP contribution is 2.35. The van der Waals surface area contributed by atoms with Crippen molar-refractivity contribution in [2.45, 2.75) is 38.6 Å². The van der Waals surface area contributed by atoms with Crippen molar-refractivity contribution in [2.75, 3.05) is 6.79 Å². The van der Waals surface area contributed by atoms with Crippen LogP contribution in [0.25, 0.3) is 0 Å². The molecule has 1 fully saturated rings. The number of rotatable bonds is 2. The van der Waals surface area contributed by atoms with Crippen molar-refractivity contribution in [1.82, 2.24) is 0 Å². The molecule has 0 N–H and O–H groups in total. The van der Waals surface area contributed by atoms with Crippen molar-refractivity contribution in [3.63, 3.8) is 0 Å². The summed E-state index contributed by atoms with van der Waals surface area (Å²) in [4.78, 5) is 4.76. The van der Waals surface area contributed by atoms with Gasteiger partial charge in [0.15, 0.2) is 11.5 Å². The fourth-order valence-corrected chi connectivity index (χ4v) is 3.00. The molecule has 2 aliphatic rings. The van der Waals surface area contributed by atoms with Crippen LogP contribution in [0, 0.1) is 3.57 Å². The summed E-state index contributed by atoms with van der Waals surface area (Å²) in [5.74, 6) is 1.71. The minimum Gasteiger partial charge on any atom is -0.454 e. The first kappa shape index (κ1) is 12.3. The van der Waals surface area contributed by atoms with E-state index >= 15 is 0 Å². The molecule has 3 nitrogen and oxygen atoms in total. The van der Waals surface area contributed by atoms with Gasteiger partial charge in [-0.3, -0.25) is 4.99 Å². The fraction of sp³-hybridized carbons (Fsp3) is 0.500. The quantitative estimate of drug-likeness (QED) is 0.751. The van der Waals surface area contributed by atoms with E-state index in [2.05, 4.69) is 28.7 Å². The normalized spacial score (nSPS) is 17.9. The molecule has 1 aromatic rings. The number of halogens is 1. The molecule has 3 rings (SSSR count). The average molecular weight is 357 g/mol. The maximum atomic E-state index is 5.41. The Kier molecular flexibility index (Phi) is 3.72. The molecule has 0 bridgehead atoms. The Morgan fingerprint density at radius 1 is 1.06 bits per heavy atom. The summed E-state index contributed by atoms with van der Waals surface area (Å²) in [6, 6.07) is 4.11. The van der Waals surface area contributed by atoms with Gasteiger partial charge in [-0.2, -0.15) is 0 Å². The number of nitrogens with zero attached hydrogens (tertiary/aromatic N) is 1. The molecule has 4 heteroatoms. The molecule has 1 aliphatic heterocycles. The Morgan fingerprint density at radius 3 is 2.56 bits per heavy atom. The van der Waals surface area contributed by atoms with Gasteiger partial charge in [0.2, 0.25) is 6.79 Å². The Balaban J connectivity index is 1.76. The zero-order valence-electron chi connectivity index (χ0n) is 10.2. The van der Waals surface area contributed by atoms with Crippen molar-refractivity contribution in [2.24, 2.45) is 4.99 Å². The van der Waals surface area contributed by atoms with Crippen LogP contribution in [0.4, 0.5) is 0 Å². The number of benzene rings is 1. The largest absolute Gasteiger partial charge is 0.454 e. The second-order valence-electron chi connectivity index (χ2n) is 4.74. The second kappa shape index (κ2) is 5.47. The van der Waals surface area contributed by atoms with Crippen molar-refractivity contribution in [3.8, 4) is 11.5 Å². The van der Waals surface area contributed by atoms with Crippen molar-refractivity contribution >= 4 is 28.3 Å². The van der Waals surface area contributed by atoms with Gasteiger partial charge in [0.05, 0.1) is 6.54 Å². The third kappa shape index (κ3) is 2.63. The summed E-state index contributed by atoms with van der Waals surface area (Å²) in [6.07, 6.45) is 6.33. The summed E-state index contributed by atoms with van der Waals surface area (Å²) in [5, 5.41) is 0. The van der Waals surface area contributed by atoms with Gasteiger partial charge in [-0.1, -0.05) is 6.42 Å². The van der Waals surface area contributed by atoms with E-state index in [4.69, 9.17) is 14.5 Å². The number of hydrogen-bond donors (Lipinski definition) is 0. The summed E-state index contributed by atoms with van der Waals surface area (Å²) in [7, 11) is 0. The summed E-state index contributed by atoms with van der Waals surface area (Å²) in [6.45, 7) is 1.10. The maximum absolute atomic E-state index is 5.41. The van der Waals surface area contributed by atoms with Crippen LogP contribution >= 0.6 is 22.6 Å². The number of ether oxygens (including phenoxy) is 2. The smallest absolute Gasteiger partial charge is 0.231 e. The zero-order chi connectivity index (χ0) is 12.4. The Morgan fingerprint density at radius 2 is 1.78 bits per heavy atom. The molecule has 18 heavy (non-hydrogen) atoms. The first-order valence-corrected chi connectivity index (χ1v) is 7.51. The van der Waals surface area contributed by atoms with E-state index in [9.17, 15) is 0 Å². The molecule has 0 amide bonds. The highest BCUT2D eigenvalue weighted by molar-refractivity contribution is 14.1. The van der Waals surface area contributed by atoms with Gasteiger partial charge in [-0.05, 0) is 66.0 Å². The standard InChI is InChI=1S/C14H16INO2/c15-12-7-14-13(17-9-18-14)6-10(12)8-16-11-4-2-1-3-5-11/h6-7H,1-5,8-9H2. The fourth-order valence-electron chi connectivity index (χ4n) is 2.40. The van der Waals surface area contributed by atoms with Crippen LogP contribution < -0.4 is 9.47 Å². The molecular weight excluding hydrogens is 341 g/mol. The van der Waals surface area contributed by atoms with E-state index in [1.807, 2.05) is 6.07 Å². The third-order valence-corrected chi connectivity index (χ3v) is 4.45. The second-order valence-corrected chi connectivity index (χ2v) is 5.90. The summed E-state index contributed by atoms with van der Waals surface area (Å²) < 4.78 is 12.0. The van der Waals surface area contributed by atoms with E-state index < -0.39 is 0 Å². The van der Waals surface area contributed by atoms with Gasteiger partial charge in [0, 0.05) is 9.28 Å². The van der Waals surface area contributed by atoms with E-state index in [1.165, 1.54) is 46.9 Å². The number of hydrogen-bond acceptors (Lipinski definition) is 3. The van der Waals surface area contributed by atoms with E-state index in [1.54, 1.807) is 0 Å². The van der Waals surface area contributed by atoms with Crippen molar-refractivity contribution < 1.29 is 9.47 Å². The lowest BCUT2D eigenvalue weighted by atomic mass is 9.98. The zero-order valence-corrected chi connectivity index (χ0v) is 12.4. The van der Waals surface area contributed by atoms with Gasteiger partial charge < -0.3 is 9.47 Å². The molecule has 1 aromatic carbocycles. The monoisotopic (exact) mass is 357 g/mol. The lowest BCUT2D eigenvalue weighted by Crippen LogP contribution is -2.05. The first-order chi connectivity index (χ1) is 8.83. The predicted octanol–water partition coefficient (Wildman–Crippen LogP) is 3.93. The van der Waals surface area contributed by atoms with Crippen LogP contribution in [0.15, 0.2) is 17.1 Å². The molecule has 1 heterocycles. The van der Waals surface area contributed by atoms with Crippen LogP contribution in [0.3, 0.4) is 0 Å². The molecule has 1 saturated carbocycles. The molecule has 0 unspecified atom stereocenters. The van der Waals surface area contributed by atoms with Gasteiger partial charge in [-0.15, -0.1) is 0 Å². The lowest BCUT2D eigenvalue weighted by Gasteiger charge is -2.12. The molecule has 0 atom stereocenters. The number of aliphatic imine (C=N–C) groups is 1. The van der Waals surface area contributed by atoms with Crippen molar-refractivity contribution in [1.29, 1.82) is 0 Å². The van der Waals surface area contributed by atoms with E-state index in [-0.39, 0.29) is 0 Å². The van der Waals surface area contributed by atoms with Crippen molar-refractivity contribution in [3.05, 3.63) is 21.3 Å². The summed E-state index contributed by atoms with van der Waals surface area (Å²) >= 11 is 2.34. The minimum absolute atomic E-state index is 0.337. The lowest BCUT2D eigenvalue weighted by molar-refractivity contribution is 0.174. The van der Waals surface area contributed by atoms with Gasteiger partial charge in [0.25, 0.3) is 0 Å². The molecular formula is C14H16INO2. The molecule has 0 saturated heterocycles. The topological polar surface area (TPSA) is 30.8 Å². The van der Waals surface area contributed by atoms with E-state index in [0.29, 0.717) is 6.79 Å². The molecule has 0 radical (unpaired) electrons. The first-order valence-electron chi connectivity index (χ1n) is 6.43. The molecule has 0 spiro atoms. The van der Waals surface area contributed by atoms with Crippen LogP contribution in [0.5, 0.6) is 11.5 Å². The maximum Gasteiger partial charge on any atom is 0.231 e. The van der Waals surface area contributed by atoms with Crippen LogP contribution in [0.1, 0.15) is 37.7 Å². The molecule has 0 aromatic heterocycles. The molecule has 1 aliphatic carbocycles. The summed E-state index contributed by atoms with van der Waals surface area (Å²) in [5.41, 5.74) is 2.62. The molecule has 96 valence electrons. The highest BCUT2D eigenvalue weighted by Gasteiger charge is 2.16. The SMILES string of the molecule is Ic1cc2c(cc1CN=C1CCCCC1)OCO2. The Bertz CT molecular complexity index is 477. The Hall–Kier alpha value is -0.780. The van der Waals surface area contributed by atoms with Crippen LogP contribution in [-0.2, 0) is 6.54 Å². The average Bonchev–Trinajstić information content (AvgIpc) is 2.84. The van der Waals surface area contributed by atoms with Gasteiger partial charge >= 0.3 is 0 Å². The van der Waals surface area contributed by atoms with E-state index in [0.717, 1.165) is 18.0 Å². The predicted molar refractivity (Wildman–Crippen MR) is 79.5 cm³/mol. The number of fused-ring (bicyclic) bond motifs is 1. The van der Waals surface area contributed by atoms with Crippen LogP contribution in [0.2, 0.25) is 0 Å². The van der Waals surface area contributed by atoms with Gasteiger partial charge in [-0.25, -0.2) is 0 Å².